The lowest BCUT2D eigenvalue weighted by molar-refractivity contribution is 0.562. The van der Waals surface area contributed by atoms with Gasteiger partial charge in [-0.1, -0.05) is 24.3 Å². The van der Waals surface area contributed by atoms with Crippen molar-refractivity contribution in [1.82, 2.24) is 5.32 Å². The van der Waals surface area contributed by atoms with Gasteiger partial charge in [0.2, 0.25) is 0 Å². The average Bonchev–Trinajstić information content (AvgIpc) is 2.23. The summed E-state index contributed by atoms with van der Waals surface area (Å²) in [5, 5.41) is 3.57. The SMILES string of the molecule is Cc1ccccc1CC1CSCCN1. The molecule has 0 aromatic heterocycles. The van der Waals surface area contributed by atoms with Crippen molar-refractivity contribution >= 4 is 11.8 Å². The van der Waals surface area contributed by atoms with Gasteiger partial charge in [-0.3, -0.25) is 0 Å². The van der Waals surface area contributed by atoms with Gasteiger partial charge in [0.1, 0.15) is 0 Å². The highest BCUT2D eigenvalue weighted by Gasteiger charge is 2.13. The van der Waals surface area contributed by atoms with Crippen molar-refractivity contribution in [2.24, 2.45) is 0 Å². The largest absolute Gasteiger partial charge is 0.312 e. The zero-order valence-corrected chi connectivity index (χ0v) is 9.44. The maximum atomic E-state index is 3.57. The van der Waals surface area contributed by atoms with Crippen LogP contribution in [-0.4, -0.2) is 24.1 Å². The van der Waals surface area contributed by atoms with Crippen molar-refractivity contribution in [2.45, 2.75) is 19.4 Å². The predicted octanol–water partition coefficient (Wildman–Crippen LogP) is 2.24. The number of hydrogen-bond acceptors (Lipinski definition) is 2. The molecular weight excluding hydrogens is 190 g/mol. The van der Waals surface area contributed by atoms with E-state index >= 15 is 0 Å². The van der Waals surface area contributed by atoms with Gasteiger partial charge in [0.15, 0.2) is 0 Å². The zero-order chi connectivity index (χ0) is 9.80. The first-order valence-corrected chi connectivity index (χ1v) is 6.37. The van der Waals surface area contributed by atoms with Gasteiger partial charge in [0, 0.05) is 24.1 Å². The van der Waals surface area contributed by atoms with Crippen LogP contribution in [0, 0.1) is 6.92 Å². The van der Waals surface area contributed by atoms with E-state index in [4.69, 9.17) is 0 Å². The lowest BCUT2D eigenvalue weighted by Gasteiger charge is -2.23. The molecule has 0 saturated carbocycles. The van der Waals surface area contributed by atoms with Gasteiger partial charge in [-0.2, -0.15) is 11.8 Å². The molecule has 1 nitrogen and oxygen atoms in total. The second-order valence-corrected chi connectivity index (χ2v) is 5.01. The fourth-order valence-electron chi connectivity index (χ4n) is 1.86. The zero-order valence-electron chi connectivity index (χ0n) is 8.62. The Labute approximate surface area is 90.3 Å². The van der Waals surface area contributed by atoms with E-state index in [1.165, 1.54) is 35.6 Å². The van der Waals surface area contributed by atoms with Crippen LogP contribution in [0.2, 0.25) is 0 Å². The van der Waals surface area contributed by atoms with E-state index in [0.29, 0.717) is 6.04 Å². The molecule has 2 heteroatoms. The summed E-state index contributed by atoms with van der Waals surface area (Å²) < 4.78 is 0. The molecule has 1 aromatic carbocycles. The highest BCUT2D eigenvalue weighted by Crippen LogP contribution is 2.14. The molecule has 0 amide bonds. The van der Waals surface area contributed by atoms with E-state index in [9.17, 15) is 0 Å². The smallest absolute Gasteiger partial charge is 0.0199 e. The van der Waals surface area contributed by atoms with Crippen molar-refractivity contribution in [3.63, 3.8) is 0 Å². The van der Waals surface area contributed by atoms with Crippen LogP contribution in [0.4, 0.5) is 0 Å². The summed E-state index contributed by atoms with van der Waals surface area (Å²) in [5.41, 5.74) is 2.91. The Kier molecular flexibility index (Phi) is 3.49. The van der Waals surface area contributed by atoms with E-state index in [0.717, 1.165) is 0 Å². The molecule has 14 heavy (non-hydrogen) atoms. The average molecular weight is 207 g/mol. The molecule has 1 unspecified atom stereocenters. The third kappa shape index (κ3) is 2.52. The Hall–Kier alpha value is -0.470. The van der Waals surface area contributed by atoms with Gasteiger partial charge < -0.3 is 5.32 Å². The first-order chi connectivity index (χ1) is 6.86. The third-order valence-corrected chi connectivity index (χ3v) is 3.86. The standard InChI is InChI=1S/C12H17NS/c1-10-4-2-3-5-11(10)8-12-9-14-7-6-13-12/h2-5,12-13H,6-9H2,1H3. The van der Waals surface area contributed by atoms with Crippen LogP contribution < -0.4 is 5.32 Å². The van der Waals surface area contributed by atoms with E-state index in [-0.39, 0.29) is 0 Å². The highest BCUT2D eigenvalue weighted by molar-refractivity contribution is 7.99. The Morgan fingerprint density at radius 3 is 3.00 bits per heavy atom. The third-order valence-electron chi connectivity index (χ3n) is 2.73. The van der Waals surface area contributed by atoms with Crippen LogP contribution >= 0.6 is 11.8 Å². The van der Waals surface area contributed by atoms with Gasteiger partial charge in [0.05, 0.1) is 0 Å². The van der Waals surface area contributed by atoms with Crippen LogP contribution in [-0.2, 0) is 6.42 Å². The normalized spacial score (nSPS) is 22.2. The van der Waals surface area contributed by atoms with Gasteiger partial charge in [-0.05, 0) is 24.5 Å². The minimum atomic E-state index is 0.676. The second-order valence-electron chi connectivity index (χ2n) is 3.86. The molecule has 0 bridgehead atoms. The van der Waals surface area contributed by atoms with E-state index in [1.807, 2.05) is 0 Å². The lowest BCUT2D eigenvalue weighted by Crippen LogP contribution is -2.39. The van der Waals surface area contributed by atoms with Gasteiger partial charge >= 0.3 is 0 Å². The lowest BCUT2D eigenvalue weighted by atomic mass is 10.0. The number of hydrogen-bond donors (Lipinski definition) is 1. The summed E-state index contributed by atoms with van der Waals surface area (Å²) in [4.78, 5) is 0. The fraction of sp³-hybridized carbons (Fsp3) is 0.500. The quantitative estimate of drug-likeness (QED) is 0.798. The Morgan fingerprint density at radius 1 is 1.43 bits per heavy atom. The molecule has 2 rings (SSSR count). The second kappa shape index (κ2) is 4.85. The summed E-state index contributed by atoms with van der Waals surface area (Å²) in [6.45, 7) is 3.37. The molecule has 0 spiro atoms. The summed E-state index contributed by atoms with van der Waals surface area (Å²) in [6, 6.07) is 9.37. The number of thioether (sulfide) groups is 1. The van der Waals surface area contributed by atoms with E-state index in [1.54, 1.807) is 0 Å². The van der Waals surface area contributed by atoms with Crippen molar-refractivity contribution in [1.29, 1.82) is 0 Å². The highest BCUT2D eigenvalue weighted by atomic mass is 32.2. The number of benzene rings is 1. The first-order valence-electron chi connectivity index (χ1n) is 5.22. The fourth-order valence-corrected chi connectivity index (χ4v) is 2.80. The van der Waals surface area contributed by atoms with Crippen LogP contribution in [0.15, 0.2) is 24.3 Å². The molecule has 0 aliphatic carbocycles. The molecule has 1 fully saturated rings. The number of aryl methyl sites for hydroxylation is 1. The summed E-state index contributed by atoms with van der Waals surface area (Å²) in [6.07, 6.45) is 1.18. The minimum absolute atomic E-state index is 0.676. The molecule has 1 aromatic rings. The topological polar surface area (TPSA) is 12.0 Å². The molecule has 1 heterocycles. The Balaban J connectivity index is 1.99. The van der Waals surface area contributed by atoms with Crippen LogP contribution in [0.25, 0.3) is 0 Å². The Morgan fingerprint density at radius 2 is 2.29 bits per heavy atom. The van der Waals surface area contributed by atoms with Gasteiger partial charge in [-0.15, -0.1) is 0 Å². The molecular formula is C12H17NS. The van der Waals surface area contributed by atoms with E-state index < -0.39 is 0 Å². The number of nitrogens with one attached hydrogen (secondary N) is 1. The molecule has 1 aliphatic rings. The van der Waals surface area contributed by atoms with Crippen LogP contribution in [0.3, 0.4) is 0 Å². The van der Waals surface area contributed by atoms with Crippen molar-refractivity contribution in [3.8, 4) is 0 Å². The molecule has 1 aliphatic heterocycles. The number of rotatable bonds is 2. The van der Waals surface area contributed by atoms with Crippen LogP contribution in [0.1, 0.15) is 11.1 Å². The van der Waals surface area contributed by atoms with Crippen LogP contribution in [0.5, 0.6) is 0 Å². The summed E-state index contributed by atoms with van der Waals surface area (Å²) in [5.74, 6) is 2.53. The van der Waals surface area contributed by atoms with Gasteiger partial charge in [0.25, 0.3) is 0 Å². The maximum absolute atomic E-state index is 3.57. The van der Waals surface area contributed by atoms with Gasteiger partial charge in [-0.25, -0.2) is 0 Å². The summed E-state index contributed by atoms with van der Waals surface area (Å²) >= 11 is 2.07. The maximum Gasteiger partial charge on any atom is 0.0199 e. The Bertz CT molecular complexity index is 292. The minimum Gasteiger partial charge on any atom is -0.312 e. The molecule has 76 valence electrons. The first kappa shape index (κ1) is 10.1. The predicted molar refractivity (Wildman–Crippen MR) is 64.0 cm³/mol. The van der Waals surface area contributed by atoms with Crippen molar-refractivity contribution in [3.05, 3.63) is 35.4 Å². The van der Waals surface area contributed by atoms with Crippen molar-refractivity contribution in [2.75, 3.05) is 18.1 Å². The van der Waals surface area contributed by atoms with E-state index in [2.05, 4.69) is 48.3 Å². The molecule has 1 atom stereocenters. The molecule has 1 saturated heterocycles. The molecule has 0 radical (unpaired) electrons. The van der Waals surface area contributed by atoms with Crippen molar-refractivity contribution < 1.29 is 0 Å². The monoisotopic (exact) mass is 207 g/mol. The molecule has 1 N–H and O–H groups in total. The summed E-state index contributed by atoms with van der Waals surface area (Å²) in [7, 11) is 0.